The number of rotatable bonds is 55. The molecule has 0 aliphatic carbocycles. The third-order valence-corrected chi connectivity index (χ3v) is 32.7. The maximum absolute atomic E-state index is 4.90. The SMILES string of the molecule is CCCCCCCCCCC(CCCCCCCC)CCCCCCCCc1c(-c2ccc(C)s2)sc2c1sc1c3sc(-c4ccc(-c5ccc(-c6ccc(-c7ccc(C)s7)c7nsnc67)s5)s4)c(CCCCCCCCC(CCCCCCCC)CCCCCCCCCC)c3sc21. The highest BCUT2D eigenvalue weighted by Crippen LogP contribution is 2.57. The fraction of sp³-hybridized carbons (Fsp3) is 0.636. The van der Waals surface area contributed by atoms with Gasteiger partial charge in [-0.3, -0.25) is 0 Å². The number of unbranched alkanes of at least 4 members (excludes halogenated alkanes) is 34. The van der Waals surface area contributed by atoms with Crippen molar-refractivity contribution >= 4 is 142 Å². The summed E-state index contributed by atoms with van der Waals surface area (Å²) in [6.07, 6.45) is 68.0. The second-order valence-electron chi connectivity index (χ2n) is 30.0. The molecule has 542 valence electrons. The molecule has 2 nitrogen and oxygen atoms in total. The average molecular weight is 1500 g/mol. The molecule has 11 heteroatoms. The number of thiophene rings is 8. The molecular formula is C88H126N2S9. The molecule has 0 amide bonds. The lowest BCUT2D eigenvalue weighted by molar-refractivity contribution is 0.365. The summed E-state index contributed by atoms with van der Waals surface area (Å²) in [4.78, 5) is 14.0. The van der Waals surface area contributed by atoms with E-state index < -0.39 is 0 Å². The first-order chi connectivity index (χ1) is 48.8. The van der Waals surface area contributed by atoms with Gasteiger partial charge in [-0.25, -0.2) is 0 Å². The van der Waals surface area contributed by atoms with Crippen LogP contribution in [0.25, 0.3) is 89.4 Å². The molecule has 0 aliphatic heterocycles. The van der Waals surface area contributed by atoms with Crippen LogP contribution >= 0.6 is 102 Å². The third-order valence-electron chi connectivity index (χ3n) is 21.7. The second-order valence-corrected chi connectivity index (χ2v) is 39.3. The van der Waals surface area contributed by atoms with Crippen LogP contribution < -0.4 is 0 Å². The van der Waals surface area contributed by atoms with Gasteiger partial charge in [-0.2, -0.15) is 8.75 Å². The number of fused-ring (bicyclic) bond motifs is 6. The van der Waals surface area contributed by atoms with Gasteiger partial charge in [0.2, 0.25) is 0 Å². The highest BCUT2D eigenvalue weighted by atomic mass is 32.1. The molecule has 0 spiro atoms. The monoisotopic (exact) mass is 1500 g/mol. The third kappa shape index (κ3) is 24.0. The Kier molecular flexibility index (Phi) is 35.4. The lowest BCUT2D eigenvalue weighted by atomic mass is 9.89. The van der Waals surface area contributed by atoms with Crippen molar-refractivity contribution in [2.24, 2.45) is 11.8 Å². The molecule has 2 unspecified atom stereocenters. The molecule has 1 aromatic carbocycles. The molecule has 0 saturated heterocycles. The van der Waals surface area contributed by atoms with E-state index in [2.05, 4.69) is 148 Å². The predicted octanol–water partition coefficient (Wildman–Crippen LogP) is 34.9. The van der Waals surface area contributed by atoms with Crippen LogP contribution in [-0.4, -0.2) is 8.75 Å². The normalized spacial score (nSPS) is 12.8. The summed E-state index contributed by atoms with van der Waals surface area (Å²) < 4.78 is 19.2. The fourth-order valence-corrected chi connectivity index (χ4v) is 26.8. The maximum Gasteiger partial charge on any atom is 0.114 e. The van der Waals surface area contributed by atoms with Crippen molar-refractivity contribution in [3.63, 3.8) is 0 Å². The van der Waals surface area contributed by atoms with Crippen molar-refractivity contribution in [2.75, 3.05) is 0 Å². The Hall–Kier alpha value is -2.58. The van der Waals surface area contributed by atoms with Crippen LogP contribution in [0.15, 0.2) is 60.7 Å². The predicted molar refractivity (Wildman–Crippen MR) is 459 cm³/mol. The van der Waals surface area contributed by atoms with E-state index in [-0.39, 0.29) is 0 Å². The number of hydrogen-bond donors (Lipinski definition) is 0. The first-order valence-electron chi connectivity index (χ1n) is 40.9. The van der Waals surface area contributed by atoms with Gasteiger partial charge in [0.25, 0.3) is 0 Å². The minimum Gasteiger partial charge on any atom is -0.172 e. The topological polar surface area (TPSA) is 25.8 Å². The van der Waals surface area contributed by atoms with Gasteiger partial charge >= 0.3 is 0 Å². The van der Waals surface area contributed by atoms with Crippen LogP contribution in [0.3, 0.4) is 0 Å². The van der Waals surface area contributed by atoms with Gasteiger partial charge in [0.15, 0.2) is 0 Å². The van der Waals surface area contributed by atoms with Crippen molar-refractivity contribution in [1.29, 1.82) is 0 Å². The van der Waals surface area contributed by atoms with E-state index in [1.165, 1.54) is 375 Å². The summed E-state index contributed by atoms with van der Waals surface area (Å²) in [5, 5.41) is 0. The largest absolute Gasteiger partial charge is 0.172 e. The molecule has 0 radical (unpaired) electrons. The minimum atomic E-state index is 0.955. The van der Waals surface area contributed by atoms with Crippen molar-refractivity contribution in [2.45, 2.75) is 350 Å². The summed E-state index contributed by atoms with van der Waals surface area (Å²) in [6.45, 7) is 13.9. The molecule has 0 aliphatic rings. The van der Waals surface area contributed by atoms with Gasteiger partial charge < -0.3 is 0 Å². The van der Waals surface area contributed by atoms with Gasteiger partial charge in [-0.05, 0) is 111 Å². The van der Waals surface area contributed by atoms with Gasteiger partial charge in [-0.1, -0.05) is 322 Å². The highest BCUT2D eigenvalue weighted by Gasteiger charge is 2.27. The van der Waals surface area contributed by atoms with E-state index in [4.69, 9.17) is 8.75 Å². The van der Waals surface area contributed by atoms with E-state index >= 15 is 0 Å². The van der Waals surface area contributed by atoms with E-state index in [1.54, 1.807) is 44.2 Å². The smallest absolute Gasteiger partial charge is 0.114 e. The quantitative estimate of drug-likeness (QED) is 0.0355. The van der Waals surface area contributed by atoms with Crippen LogP contribution in [0.2, 0.25) is 0 Å². The van der Waals surface area contributed by atoms with Crippen LogP contribution in [0, 0.1) is 25.7 Å². The Balaban J connectivity index is 0.807. The average Bonchev–Trinajstić information content (AvgIpc) is 1.55. The van der Waals surface area contributed by atoms with E-state index in [0.29, 0.717) is 0 Å². The number of benzene rings is 1. The molecule has 0 fully saturated rings. The van der Waals surface area contributed by atoms with Gasteiger partial charge in [-0.15, -0.1) is 90.7 Å². The Morgan fingerprint density at radius 2 is 0.525 bits per heavy atom. The first-order valence-corrected chi connectivity index (χ1v) is 48.1. The van der Waals surface area contributed by atoms with E-state index in [0.717, 1.165) is 22.9 Å². The summed E-state index contributed by atoms with van der Waals surface area (Å²) in [6, 6.07) is 23.4. The molecule has 10 aromatic rings. The number of aromatic nitrogens is 2. The maximum atomic E-state index is 4.90. The summed E-state index contributed by atoms with van der Waals surface area (Å²) in [5.41, 5.74) is 7.73. The van der Waals surface area contributed by atoms with Crippen molar-refractivity contribution in [3.05, 3.63) is 81.5 Å². The van der Waals surface area contributed by atoms with Crippen LogP contribution in [0.4, 0.5) is 0 Å². The summed E-state index contributed by atoms with van der Waals surface area (Å²) >= 11 is 17.7. The molecule has 2 atom stereocenters. The van der Waals surface area contributed by atoms with E-state index in [9.17, 15) is 0 Å². The van der Waals surface area contributed by atoms with Crippen molar-refractivity contribution < 1.29 is 0 Å². The zero-order valence-electron chi connectivity index (χ0n) is 62.4. The Bertz CT molecular complexity index is 3820. The molecular weight excluding hydrogens is 1370 g/mol. The Labute approximate surface area is 637 Å². The first kappa shape index (κ1) is 79.0. The molecule has 0 N–H and O–H groups in total. The minimum absolute atomic E-state index is 0.955. The zero-order chi connectivity index (χ0) is 68.6. The Morgan fingerprint density at radius 1 is 0.253 bits per heavy atom. The molecule has 10 rings (SSSR count). The second kappa shape index (κ2) is 44.4. The lowest BCUT2D eigenvalue weighted by Gasteiger charge is -2.17. The lowest BCUT2D eigenvalue weighted by Crippen LogP contribution is -2.01. The summed E-state index contributed by atoms with van der Waals surface area (Å²) in [5.74, 6) is 1.92. The number of hydrogen-bond acceptors (Lipinski definition) is 11. The summed E-state index contributed by atoms with van der Waals surface area (Å²) in [7, 11) is 0. The molecule has 9 aromatic heterocycles. The molecule has 9 heterocycles. The molecule has 0 saturated carbocycles. The number of nitrogens with zero attached hydrogens (tertiary/aromatic N) is 2. The van der Waals surface area contributed by atoms with Gasteiger partial charge in [0.1, 0.15) is 11.0 Å². The van der Waals surface area contributed by atoms with Crippen LogP contribution in [0.1, 0.15) is 344 Å². The van der Waals surface area contributed by atoms with Gasteiger partial charge in [0, 0.05) is 59.9 Å². The van der Waals surface area contributed by atoms with Crippen molar-refractivity contribution in [3.8, 4) is 50.1 Å². The molecule has 0 bridgehead atoms. The Morgan fingerprint density at radius 3 is 0.879 bits per heavy atom. The fourth-order valence-electron chi connectivity index (χ4n) is 15.8. The zero-order valence-corrected chi connectivity index (χ0v) is 69.8. The van der Waals surface area contributed by atoms with Crippen LogP contribution in [0.5, 0.6) is 0 Å². The van der Waals surface area contributed by atoms with E-state index in [1.807, 2.05) is 45.3 Å². The highest BCUT2D eigenvalue weighted by molar-refractivity contribution is 7.46. The molecule has 99 heavy (non-hydrogen) atoms. The van der Waals surface area contributed by atoms with Crippen LogP contribution in [-0.2, 0) is 12.8 Å². The number of aryl methyl sites for hydroxylation is 4. The standard InChI is InChI=1S/C88H126N2S9/c1-7-11-15-19-23-25-33-41-49-67(47-39-31-21-17-13-9-3)51-43-35-27-29-37-45-53-71-81(77-60-56-66(6)92-77)95-85-83(71)97-88-86-84(98-87(85)88)72(54-46-38-30-28-36-44-52-68(48-40-32-22-18-14-10-4)50-42-34-26-24-20-16-12-8-2)82(96-86)78-64-63-76(94-78)75-62-61-74(93-75)70-58-57-69(73-59-55-65(5)91-73)79-80(70)90-99-89-79/h55-64,67-68H,7-54H2,1-6H3. The van der Waals surface area contributed by atoms with Crippen molar-refractivity contribution in [1.82, 2.24) is 8.75 Å². The van der Waals surface area contributed by atoms with Gasteiger partial charge in [0.05, 0.1) is 39.9 Å².